The van der Waals surface area contributed by atoms with E-state index in [9.17, 15) is 4.79 Å². The Balaban J connectivity index is 1.94. The summed E-state index contributed by atoms with van der Waals surface area (Å²) in [6.07, 6.45) is 0. The van der Waals surface area contributed by atoms with Crippen LogP contribution in [0.3, 0.4) is 0 Å². The van der Waals surface area contributed by atoms with Crippen LogP contribution in [0.25, 0.3) is 0 Å². The lowest BCUT2D eigenvalue weighted by molar-refractivity contribution is -0.113. The number of aryl methyl sites for hydroxylation is 1. The van der Waals surface area contributed by atoms with Gasteiger partial charge in [0.1, 0.15) is 0 Å². The van der Waals surface area contributed by atoms with Crippen molar-refractivity contribution in [3.8, 4) is 0 Å². The number of thiocarbonyl (C=S) groups is 1. The van der Waals surface area contributed by atoms with E-state index in [4.69, 9.17) is 23.8 Å². The SMILES string of the molecule is CC1=C(C(=O)Nc2cccc(Cl)c2)[C@H](c2ccc(C)cc2)NC(=S)N1. The monoisotopic (exact) mass is 371 g/mol. The number of anilines is 1. The first-order chi connectivity index (χ1) is 11.9. The third kappa shape index (κ3) is 4.00. The number of amides is 1. The lowest BCUT2D eigenvalue weighted by Gasteiger charge is -2.30. The van der Waals surface area contributed by atoms with Crippen LogP contribution in [0, 0.1) is 6.92 Å². The van der Waals surface area contributed by atoms with E-state index in [1.165, 1.54) is 0 Å². The molecule has 0 saturated heterocycles. The van der Waals surface area contributed by atoms with Gasteiger partial charge in [-0.15, -0.1) is 0 Å². The minimum Gasteiger partial charge on any atom is -0.351 e. The van der Waals surface area contributed by atoms with E-state index < -0.39 is 0 Å². The molecule has 0 bridgehead atoms. The molecule has 2 aromatic carbocycles. The van der Waals surface area contributed by atoms with Crippen LogP contribution in [-0.2, 0) is 4.79 Å². The van der Waals surface area contributed by atoms with E-state index in [2.05, 4.69) is 16.0 Å². The van der Waals surface area contributed by atoms with Gasteiger partial charge < -0.3 is 16.0 Å². The molecule has 25 heavy (non-hydrogen) atoms. The zero-order chi connectivity index (χ0) is 18.0. The number of allylic oxidation sites excluding steroid dienone is 1. The third-order valence-corrected chi connectivity index (χ3v) is 4.46. The standard InChI is InChI=1S/C19H18ClN3OS/c1-11-6-8-13(9-7-11)17-16(12(2)21-19(25)23-17)18(24)22-15-5-3-4-14(20)10-15/h3-10,17H,1-2H3,(H,22,24)(H2,21,23,25)/t17-/m0/s1. The smallest absolute Gasteiger partial charge is 0.255 e. The van der Waals surface area contributed by atoms with E-state index >= 15 is 0 Å². The number of rotatable bonds is 3. The Morgan fingerprint density at radius 2 is 1.88 bits per heavy atom. The first-order valence-electron chi connectivity index (χ1n) is 7.86. The molecular weight excluding hydrogens is 354 g/mol. The largest absolute Gasteiger partial charge is 0.351 e. The predicted molar refractivity (Wildman–Crippen MR) is 106 cm³/mol. The molecule has 3 N–H and O–H groups in total. The minimum absolute atomic E-state index is 0.201. The van der Waals surface area contributed by atoms with Crippen LogP contribution in [0.5, 0.6) is 0 Å². The predicted octanol–water partition coefficient (Wildman–Crippen LogP) is 4.08. The van der Waals surface area contributed by atoms with Crippen molar-refractivity contribution in [1.29, 1.82) is 0 Å². The molecular formula is C19H18ClN3OS. The average Bonchev–Trinajstić information content (AvgIpc) is 2.54. The van der Waals surface area contributed by atoms with Gasteiger partial charge in [0.2, 0.25) is 0 Å². The topological polar surface area (TPSA) is 53.2 Å². The van der Waals surface area contributed by atoms with Gasteiger partial charge in [-0.05, 0) is 49.8 Å². The van der Waals surface area contributed by atoms with E-state index in [0.717, 1.165) is 16.8 Å². The van der Waals surface area contributed by atoms with Crippen LogP contribution in [0.1, 0.15) is 24.1 Å². The van der Waals surface area contributed by atoms with Crippen molar-refractivity contribution in [1.82, 2.24) is 10.6 Å². The molecule has 1 amide bonds. The zero-order valence-corrected chi connectivity index (χ0v) is 15.5. The van der Waals surface area contributed by atoms with Gasteiger partial charge in [-0.25, -0.2) is 0 Å². The van der Waals surface area contributed by atoms with Gasteiger partial charge in [0.15, 0.2) is 5.11 Å². The molecule has 6 heteroatoms. The zero-order valence-electron chi connectivity index (χ0n) is 13.9. The maximum absolute atomic E-state index is 12.9. The summed E-state index contributed by atoms with van der Waals surface area (Å²) in [6, 6.07) is 14.8. The van der Waals surface area contributed by atoms with Gasteiger partial charge in [-0.2, -0.15) is 0 Å². The van der Waals surface area contributed by atoms with Crippen LogP contribution < -0.4 is 16.0 Å². The van der Waals surface area contributed by atoms with E-state index in [0.29, 0.717) is 21.4 Å². The molecule has 128 valence electrons. The van der Waals surface area contributed by atoms with E-state index in [-0.39, 0.29) is 11.9 Å². The van der Waals surface area contributed by atoms with Crippen molar-refractivity contribution in [3.63, 3.8) is 0 Å². The second-order valence-corrected chi connectivity index (χ2v) is 6.79. The fourth-order valence-corrected chi connectivity index (χ4v) is 3.23. The Morgan fingerprint density at radius 3 is 2.56 bits per heavy atom. The van der Waals surface area contributed by atoms with E-state index in [1.54, 1.807) is 24.3 Å². The maximum Gasteiger partial charge on any atom is 0.255 e. The molecule has 2 aromatic rings. The number of carbonyl (C=O) groups excluding carboxylic acids is 1. The second kappa shape index (κ2) is 7.25. The first kappa shape index (κ1) is 17.5. The van der Waals surface area contributed by atoms with Gasteiger partial charge >= 0.3 is 0 Å². The fourth-order valence-electron chi connectivity index (χ4n) is 2.77. The van der Waals surface area contributed by atoms with E-state index in [1.807, 2.05) is 38.1 Å². The summed E-state index contributed by atoms with van der Waals surface area (Å²) in [7, 11) is 0. The number of hydrogen-bond donors (Lipinski definition) is 3. The lowest BCUT2D eigenvalue weighted by Crippen LogP contribution is -2.45. The van der Waals surface area contributed by atoms with Crippen LogP contribution in [0.15, 0.2) is 59.8 Å². The van der Waals surface area contributed by atoms with Gasteiger partial charge in [-0.1, -0.05) is 47.5 Å². The molecule has 4 nitrogen and oxygen atoms in total. The van der Waals surface area contributed by atoms with Crippen molar-refractivity contribution < 1.29 is 4.79 Å². The van der Waals surface area contributed by atoms with Crippen LogP contribution in [0.2, 0.25) is 5.02 Å². The summed E-state index contributed by atoms with van der Waals surface area (Å²) in [5.74, 6) is -0.201. The van der Waals surface area contributed by atoms with Gasteiger partial charge in [0, 0.05) is 16.4 Å². The summed E-state index contributed by atoms with van der Waals surface area (Å²) in [5, 5.41) is 10.2. The van der Waals surface area contributed by atoms with Crippen LogP contribution >= 0.6 is 23.8 Å². The highest BCUT2D eigenvalue weighted by Gasteiger charge is 2.29. The number of benzene rings is 2. The fraction of sp³-hybridized carbons (Fsp3) is 0.158. The maximum atomic E-state index is 12.9. The van der Waals surface area contributed by atoms with Crippen LogP contribution in [0.4, 0.5) is 5.69 Å². The van der Waals surface area contributed by atoms with Crippen molar-refractivity contribution in [2.75, 3.05) is 5.32 Å². The molecule has 0 spiro atoms. The quantitative estimate of drug-likeness (QED) is 0.711. The molecule has 0 saturated carbocycles. The van der Waals surface area contributed by atoms with Gasteiger partial charge in [0.25, 0.3) is 5.91 Å². The molecule has 1 aliphatic heterocycles. The van der Waals surface area contributed by atoms with Crippen molar-refractivity contribution in [3.05, 3.63) is 76.0 Å². The third-order valence-electron chi connectivity index (χ3n) is 4.01. The highest BCUT2D eigenvalue weighted by Crippen LogP contribution is 2.28. The van der Waals surface area contributed by atoms with Crippen molar-refractivity contribution in [2.24, 2.45) is 0 Å². The van der Waals surface area contributed by atoms with Crippen molar-refractivity contribution >= 4 is 40.5 Å². The number of nitrogens with one attached hydrogen (secondary N) is 3. The van der Waals surface area contributed by atoms with Crippen LogP contribution in [-0.4, -0.2) is 11.0 Å². The Morgan fingerprint density at radius 1 is 1.16 bits per heavy atom. The van der Waals surface area contributed by atoms with Gasteiger partial charge in [-0.3, -0.25) is 4.79 Å². The summed E-state index contributed by atoms with van der Waals surface area (Å²) in [4.78, 5) is 12.9. The summed E-state index contributed by atoms with van der Waals surface area (Å²) in [6.45, 7) is 3.87. The Labute approximate surface area is 157 Å². The molecule has 3 rings (SSSR count). The summed E-state index contributed by atoms with van der Waals surface area (Å²) < 4.78 is 0. The Kier molecular flexibility index (Phi) is 5.06. The molecule has 1 heterocycles. The minimum atomic E-state index is -0.312. The van der Waals surface area contributed by atoms with Crippen molar-refractivity contribution in [2.45, 2.75) is 19.9 Å². The number of hydrogen-bond acceptors (Lipinski definition) is 2. The highest BCUT2D eigenvalue weighted by atomic mass is 35.5. The Hall–Kier alpha value is -2.37. The molecule has 1 aliphatic rings. The number of carbonyl (C=O) groups is 1. The highest BCUT2D eigenvalue weighted by molar-refractivity contribution is 7.80. The summed E-state index contributed by atoms with van der Waals surface area (Å²) >= 11 is 11.3. The second-order valence-electron chi connectivity index (χ2n) is 5.95. The number of halogens is 1. The lowest BCUT2D eigenvalue weighted by atomic mass is 9.94. The molecule has 0 radical (unpaired) electrons. The Bertz CT molecular complexity index is 861. The normalized spacial score (nSPS) is 16.9. The molecule has 0 unspecified atom stereocenters. The molecule has 1 atom stereocenters. The molecule has 0 fully saturated rings. The molecule has 0 aliphatic carbocycles. The molecule has 0 aromatic heterocycles. The first-order valence-corrected chi connectivity index (χ1v) is 8.64. The summed E-state index contributed by atoms with van der Waals surface area (Å²) in [5.41, 5.74) is 4.11. The van der Waals surface area contributed by atoms with Gasteiger partial charge in [0.05, 0.1) is 11.6 Å². The average molecular weight is 372 g/mol.